The SMILES string of the molecule is Cc1nn(C(C)C(=O)NCCN(C)Cc2ccccc2)c(=O)c2c(C)n(-c3ccccc3)nc12. The number of aromatic nitrogens is 4. The molecule has 0 saturated heterocycles. The summed E-state index contributed by atoms with van der Waals surface area (Å²) >= 11 is 0. The van der Waals surface area contributed by atoms with Gasteiger partial charge in [0.25, 0.3) is 5.56 Å². The summed E-state index contributed by atoms with van der Waals surface area (Å²) in [5.74, 6) is -0.241. The van der Waals surface area contributed by atoms with Crippen LogP contribution in [0.15, 0.2) is 65.5 Å². The molecule has 176 valence electrons. The summed E-state index contributed by atoms with van der Waals surface area (Å²) in [6.45, 7) is 7.33. The molecule has 0 saturated carbocycles. The number of likely N-dealkylation sites (N-methyl/N-ethyl adjacent to an activating group) is 1. The maximum Gasteiger partial charge on any atom is 0.278 e. The van der Waals surface area contributed by atoms with Gasteiger partial charge >= 0.3 is 0 Å². The van der Waals surface area contributed by atoms with Gasteiger partial charge < -0.3 is 10.2 Å². The Balaban J connectivity index is 1.49. The van der Waals surface area contributed by atoms with E-state index in [9.17, 15) is 9.59 Å². The molecular weight excluding hydrogens is 428 g/mol. The lowest BCUT2D eigenvalue weighted by atomic mass is 10.2. The molecule has 4 aromatic rings. The third-order valence-electron chi connectivity index (χ3n) is 5.97. The monoisotopic (exact) mass is 458 g/mol. The summed E-state index contributed by atoms with van der Waals surface area (Å²) in [5, 5.41) is 12.5. The number of nitrogens with zero attached hydrogens (tertiary/aromatic N) is 5. The van der Waals surface area contributed by atoms with Crippen molar-refractivity contribution in [1.82, 2.24) is 29.8 Å². The molecule has 0 spiro atoms. The summed E-state index contributed by atoms with van der Waals surface area (Å²) in [7, 11) is 2.01. The first-order valence-corrected chi connectivity index (χ1v) is 11.4. The highest BCUT2D eigenvalue weighted by Gasteiger charge is 2.23. The summed E-state index contributed by atoms with van der Waals surface area (Å²) in [6.07, 6.45) is 0. The van der Waals surface area contributed by atoms with Crippen molar-refractivity contribution in [2.75, 3.05) is 20.1 Å². The van der Waals surface area contributed by atoms with Crippen molar-refractivity contribution in [2.45, 2.75) is 33.4 Å². The lowest BCUT2D eigenvalue weighted by Crippen LogP contribution is -2.40. The number of para-hydroxylation sites is 1. The summed E-state index contributed by atoms with van der Waals surface area (Å²) in [5.41, 5.74) is 3.65. The average molecular weight is 459 g/mol. The van der Waals surface area contributed by atoms with Gasteiger partial charge in [0.1, 0.15) is 11.6 Å². The molecule has 1 atom stereocenters. The molecule has 1 unspecified atom stereocenters. The second-order valence-electron chi connectivity index (χ2n) is 8.58. The fourth-order valence-corrected chi connectivity index (χ4v) is 4.07. The highest BCUT2D eigenvalue weighted by molar-refractivity contribution is 5.84. The molecule has 34 heavy (non-hydrogen) atoms. The Hall–Kier alpha value is -3.78. The van der Waals surface area contributed by atoms with Crippen molar-refractivity contribution in [1.29, 1.82) is 0 Å². The minimum atomic E-state index is -0.741. The largest absolute Gasteiger partial charge is 0.353 e. The fraction of sp³-hybridized carbons (Fsp3) is 0.308. The Morgan fingerprint density at radius 3 is 2.35 bits per heavy atom. The first-order chi connectivity index (χ1) is 16.4. The zero-order chi connectivity index (χ0) is 24.2. The Kier molecular flexibility index (Phi) is 6.88. The number of amides is 1. The van der Waals surface area contributed by atoms with E-state index in [2.05, 4.69) is 32.5 Å². The lowest BCUT2D eigenvalue weighted by molar-refractivity contribution is -0.124. The van der Waals surface area contributed by atoms with Crippen molar-refractivity contribution < 1.29 is 4.79 Å². The van der Waals surface area contributed by atoms with E-state index >= 15 is 0 Å². The third kappa shape index (κ3) is 4.77. The smallest absolute Gasteiger partial charge is 0.278 e. The fourth-order valence-electron chi connectivity index (χ4n) is 4.07. The number of aryl methyl sites for hydroxylation is 2. The van der Waals surface area contributed by atoms with Crippen molar-refractivity contribution >= 4 is 16.8 Å². The van der Waals surface area contributed by atoms with Gasteiger partial charge in [0.15, 0.2) is 0 Å². The maximum absolute atomic E-state index is 13.3. The molecule has 1 amide bonds. The first-order valence-electron chi connectivity index (χ1n) is 11.4. The second-order valence-corrected chi connectivity index (χ2v) is 8.58. The summed E-state index contributed by atoms with van der Waals surface area (Å²) in [6, 6.07) is 19.1. The molecule has 0 fully saturated rings. The van der Waals surface area contributed by atoms with Gasteiger partial charge in [0.2, 0.25) is 5.91 Å². The van der Waals surface area contributed by atoms with E-state index in [1.165, 1.54) is 10.2 Å². The molecule has 0 bridgehead atoms. The average Bonchev–Trinajstić information content (AvgIpc) is 3.20. The minimum Gasteiger partial charge on any atom is -0.353 e. The van der Waals surface area contributed by atoms with Crippen LogP contribution >= 0.6 is 0 Å². The number of hydrogen-bond donors (Lipinski definition) is 1. The molecule has 1 N–H and O–H groups in total. The van der Waals surface area contributed by atoms with Crippen molar-refractivity contribution in [2.24, 2.45) is 0 Å². The van der Waals surface area contributed by atoms with Crippen molar-refractivity contribution in [3.8, 4) is 5.69 Å². The Labute approximate surface area is 198 Å². The number of carbonyl (C=O) groups excluding carboxylic acids is 1. The van der Waals surface area contributed by atoms with Crippen LogP contribution in [0, 0.1) is 13.8 Å². The first kappa shape index (κ1) is 23.4. The highest BCUT2D eigenvalue weighted by atomic mass is 16.2. The molecule has 0 aliphatic heterocycles. The number of nitrogens with one attached hydrogen (secondary N) is 1. The molecule has 8 nitrogen and oxygen atoms in total. The van der Waals surface area contributed by atoms with E-state index in [1.54, 1.807) is 11.6 Å². The standard InChI is InChI=1S/C26H30N6O2/c1-18-24-23(19(2)31(29-24)22-13-9-6-10-14-22)26(34)32(28-18)20(3)25(33)27-15-16-30(4)17-21-11-7-5-8-12-21/h5-14,20H,15-17H2,1-4H3,(H,27,33). The van der Waals surface area contributed by atoms with Crippen LogP contribution in [0.2, 0.25) is 0 Å². The molecule has 4 rings (SSSR count). The van der Waals surface area contributed by atoms with Crippen LogP contribution in [0.4, 0.5) is 0 Å². The van der Waals surface area contributed by atoms with E-state index in [0.29, 0.717) is 29.7 Å². The Morgan fingerprint density at radius 2 is 1.68 bits per heavy atom. The maximum atomic E-state index is 13.3. The quantitative estimate of drug-likeness (QED) is 0.439. The molecule has 0 radical (unpaired) electrons. The van der Waals surface area contributed by atoms with Crippen LogP contribution < -0.4 is 10.9 Å². The van der Waals surface area contributed by atoms with E-state index in [1.807, 2.05) is 69.4 Å². The molecular formula is C26H30N6O2. The van der Waals surface area contributed by atoms with Crippen molar-refractivity contribution in [3.63, 3.8) is 0 Å². The van der Waals surface area contributed by atoms with E-state index < -0.39 is 6.04 Å². The van der Waals surface area contributed by atoms with Gasteiger partial charge in [-0.15, -0.1) is 0 Å². The Bertz CT molecular complexity index is 1340. The molecule has 2 aromatic heterocycles. The number of fused-ring (bicyclic) bond motifs is 1. The molecule has 2 heterocycles. The molecule has 8 heteroatoms. The van der Waals surface area contributed by atoms with Crippen LogP contribution in [-0.2, 0) is 11.3 Å². The van der Waals surface area contributed by atoms with Crippen LogP contribution in [0.3, 0.4) is 0 Å². The lowest BCUT2D eigenvalue weighted by Gasteiger charge is -2.19. The van der Waals surface area contributed by atoms with Crippen molar-refractivity contribution in [3.05, 3.63) is 88.0 Å². The normalized spacial score (nSPS) is 12.3. The van der Waals surface area contributed by atoms with Crippen LogP contribution in [-0.4, -0.2) is 50.5 Å². The topological polar surface area (TPSA) is 85.0 Å². The number of rotatable bonds is 8. The van der Waals surface area contributed by atoms with Gasteiger partial charge in [0, 0.05) is 19.6 Å². The molecule has 2 aromatic carbocycles. The van der Waals surface area contributed by atoms with Gasteiger partial charge in [-0.05, 0) is 45.5 Å². The van der Waals surface area contributed by atoms with Gasteiger partial charge in [-0.25, -0.2) is 9.36 Å². The third-order valence-corrected chi connectivity index (χ3v) is 5.97. The predicted molar refractivity (Wildman–Crippen MR) is 133 cm³/mol. The predicted octanol–water partition coefficient (Wildman–Crippen LogP) is 3.01. The number of carbonyl (C=O) groups is 1. The summed E-state index contributed by atoms with van der Waals surface area (Å²) in [4.78, 5) is 28.3. The molecule has 0 aliphatic carbocycles. The van der Waals surface area contributed by atoms with Crippen LogP contribution in [0.1, 0.15) is 29.9 Å². The highest BCUT2D eigenvalue weighted by Crippen LogP contribution is 2.20. The second kappa shape index (κ2) is 10.0. The van der Waals surface area contributed by atoms with Gasteiger partial charge in [-0.3, -0.25) is 9.59 Å². The van der Waals surface area contributed by atoms with E-state index in [0.717, 1.165) is 17.9 Å². The van der Waals surface area contributed by atoms with Crippen LogP contribution in [0.5, 0.6) is 0 Å². The minimum absolute atomic E-state index is 0.241. The zero-order valence-electron chi connectivity index (χ0n) is 20.0. The van der Waals surface area contributed by atoms with Crippen LogP contribution in [0.25, 0.3) is 16.6 Å². The van der Waals surface area contributed by atoms with Gasteiger partial charge in [-0.1, -0.05) is 48.5 Å². The van der Waals surface area contributed by atoms with Gasteiger partial charge in [0.05, 0.1) is 22.5 Å². The van der Waals surface area contributed by atoms with Gasteiger partial charge in [-0.2, -0.15) is 10.2 Å². The zero-order valence-corrected chi connectivity index (χ0v) is 20.0. The summed E-state index contributed by atoms with van der Waals surface area (Å²) < 4.78 is 3.02. The number of benzene rings is 2. The Morgan fingerprint density at radius 1 is 1.03 bits per heavy atom. The molecule has 0 aliphatic rings. The van der Waals surface area contributed by atoms with E-state index in [4.69, 9.17) is 0 Å². The van der Waals surface area contributed by atoms with E-state index in [-0.39, 0.29) is 11.5 Å². The number of hydrogen-bond acceptors (Lipinski definition) is 5.